The van der Waals surface area contributed by atoms with E-state index in [1.54, 1.807) is 0 Å². The Balaban J connectivity index is 1.48. The molecule has 18 atom stereocenters. The molecule has 0 amide bonds. The highest BCUT2D eigenvalue weighted by atomic mass is 16.8. The minimum Gasteiger partial charge on any atom is -0.394 e. The molecule has 42 heavy (non-hydrogen) atoms. The van der Waals surface area contributed by atoms with Gasteiger partial charge in [0.25, 0.3) is 0 Å². The van der Waals surface area contributed by atoms with Crippen molar-refractivity contribution in [1.82, 2.24) is 0 Å². The van der Waals surface area contributed by atoms with Gasteiger partial charge in [0, 0.05) is 25.2 Å². The lowest BCUT2D eigenvalue weighted by Crippen LogP contribution is -2.65. The fourth-order valence-corrected chi connectivity index (χ4v) is 5.87. The van der Waals surface area contributed by atoms with Crippen LogP contribution >= 0.6 is 0 Å². The second-order valence-corrected chi connectivity index (χ2v) is 11.5. The van der Waals surface area contributed by atoms with E-state index < -0.39 is 117 Å². The molecule has 4 aliphatic rings. The van der Waals surface area contributed by atoms with Crippen molar-refractivity contribution < 1.29 is 59.1 Å². The number of hydrogen-bond donors (Lipinski definition) is 12. The molecule has 0 radical (unpaired) electrons. The van der Waals surface area contributed by atoms with Crippen molar-refractivity contribution in [1.29, 1.82) is 0 Å². The second-order valence-electron chi connectivity index (χ2n) is 11.5. The minimum atomic E-state index is -1.56. The maximum atomic E-state index is 11.1. The monoisotopic (exact) mass is 612 g/mol. The summed E-state index contributed by atoms with van der Waals surface area (Å²) in [5.74, 6) is 0. The first-order valence-electron chi connectivity index (χ1n) is 14.3. The maximum absolute atomic E-state index is 11.1. The maximum Gasteiger partial charge on any atom is 0.187 e. The van der Waals surface area contributed by atoms with E-state index in [2.05, 4.69) is 0 Å². The molecule has 3 saturated heterocycles. The molecule has 3 aliphatic heterocycles. The second kappa shape index (κ2) is 14.6. The summed E-state index contributed by atoms with van der Waals surface area (Å²) in [6.07, 6.45) is -15.6. The van der Waals surface area contributed by atoms with E-state index in [-0.39, 0.29) is 19.5 Å². The Hall–Kier alpha value is -0.720. The minimum absolute atomic E-state index is 0.0236. The topological polar surface area (TPSA) is 333 Å². The lowest BCUT2D eigenvalue weighted by atomic mass is 9.84. The van der Waals surface area contributed by atoms with Crippen molar-refractivity contribution in [3.63, 3.8) is 0 Å². The van der Waals surface area contributed by atoms with E-state index >= 15 is 0 Å². The highest BCUT2D eigenvalue weighted by Gasteiger charge is 2.53. The summed E-state index contributed by atoms with van der Waals surface area (Å²) in [7, 11) is 0. The van der Waals surface area contributed by atoms with Crippen LogP contribution in [0.2, 0.25) is 0 Å². The molecule has 4 rings (SSSR count). The van der Waals surface area contributed by atoms with Crippen LogP contribution in [0.1, 0.15) is 19.3 Å². The van der Waals surface area contributed by atoms with E-state index in [1.165, 1.54) is 0 Å². The van der Waals surface area contributed by atoms with E-state index in [9.17, 15) is 30.6 Å². The summed E-state index contributed by atoms with van der Waals surface area (Å²) >= 11 is 0. The van der Waals surface area contributed by atoms with Crippen LogP contribution in [-0.2, 0) is 28.4 Å². The molecule has 0 aromatic carbocycles. The number of rotatable bonds is 10. The lowest BCUT2D eigenvalue weighted by molar-refractivity contribution is -0.293. The molecular formula is C24H48N6O12. The summed E-state index contributed by atoms with van der Waals surface area (Å²) < 4.78 is 35.2. The summed E-state index contributed by atoms with van der Waals surface area (Å²) in [5.41, 5.74) is 35.9. The first kappa shape index (κ1) is 34.2. The third kappa shape index (κ3) is 7.06. The van der Waals surface area contributed by atoms with E-state index in [1.807, 2.05) is 0 Å². The fourth-order valence-electron chi connectivity index (χ4n) is 5.87. The van der Waals surface area contributed by atoms with Gasteiger partial charge >= 0.3 is 0 Å². The molecule has 18 N–H and O–H groups in total. The first-order valence-corrected chi connectivity index (χ1v) is 14.3. The third-order valence-electron chi connectivity index (χ3n) is 8.50. The first-order chi connectivity index (χ1) is 19.9. The van der Waals surface area contributed by atoms with Gasteiger partial charge in [0.2, 0.25) is 0 Å². The molecule has 246 valence electrons. The van der Waals surface area contributed by atoms with Crippen LogP contribution in [0.4, 0.5) is 0 Å². The molecule has 3 heterocycles. The van der Waals surface area contributed by atoms with Crippen molar-refractivity contribution in [2.24, 2.45) is 34.4 Å². The van der Waals surface area contributed by atoms with E-state index in [0.29, 0.717) is 12.8 Å². The summed E-state index contributed by atoms with van der Waals surface area (Å²) in [4.78, 5) is 0. The molecule has 0 aromatic heterocycles. The fraction of sp³-hybridized carbons (Fsp3) is 1.00. The molecule has 0 aromatic rings. The van der Waals surface area contributed by atoms with Gasteiger partial charge in [-0.25, -0.2) is 0 Å². The zero-order valence-electron chi connectivity index (χ0n) is 23.2. The van der Waals surface area contributed by atoms with Crippen molar-refractivity contribution in [2.75, 3.05) is 19.7 Å². The van der Waals surface area contributed by atoms with E-state index in [4.69, 9.17) is 62.8 Å². The highest BCUT2D eigenvalue weighted by molar-refractivity contribution is 5.01. The zero-order chi connectivity index (χ0) is 30.9. The molecule has 1 saturated carbocycles. The summed E-state index contributed by atoms with van der Waals surface area (Å²) in [5, 5.41) is 62.7. The Morgan fingerprint density at radius 3 is 1.95 bits per heavy atom. The van der Waals surface area contributed by atoms with Crippen LogP contribution in [0, 0.1) is 0 Å². The molecule has 1 aliphatic carbocycles. The number of nitrogens with two attached hydrogens (primary N) is 6. The summed E-state index contributed by atoms with van der Waals surface area (Å²) in [6, 6.07) is -3.36. The molecule has 0 bridgehead atoms. The van der Waals surface area contributed by atoms with E-state index in [0.717, 1.165) is 0 Å². The Kier molecular flexibility index (Phi) is 11.9. The summed E-state index contributed by atoms with van der Waals surface area (Å²) in [6.45, 7) is -0.785. The van der Waals surface area contributed by atoms with Gasteiger partial charge in [0.05, 0.1) is 37.0 Å². The largest absolute Gasteiger partial charge is 0.394 e. The van der Waals surface area contributed by atoms with Crippen molar-refractivity contribution in [3.8, 4) is 0 Å². The molecule has 0 spiro atoms. The van der Waals surface area contributed by atoms with Gasteiger partial charge in [-0.2, -0.15) is 0 Å². The van der Waals surface area contributed by atoms with Crippen LogP contribution < -0.4 is 34.4 Å². The highest BCUT2D eigenvalue weighted by Crippen LogP contribution is 2.34. The quantitative estimate of drug-likeness (QED) is 0.109. The van der Waals surface area contributed by atoms with Gasteiger partial charge in [-0.1, -0.05) is 0 Å². The average Bonchev–Trinajstić information content (AvgIpc) is 3.27. The number of hydrogen-bond acceptors (Lipinski definition) is 18. The van der Waals surface area contributed by atoms with Crippen LogP contribution in [0.15, 0.2) is 0 Å². The Bertz CT molecular complexity index is 854. The predicted molar refractivity (Wildman–Crippen MR) is 142 cm³/mol. The third-order valence-corrected chi connectivity index (χ3v) is 8.50. The van der Waals surface area contributed by atoms with Crippen molar-refractivity contribution in [3.05, 3.63) is 0 Å². The lowest BCUT2D eigenvalue weighted by Gasteiger charge is -2.46. The van der Waals surface area contributed by atoms with Crippen molar-refractivity contribution >= 4 is 0 Å². The van der Waals surface area contributed by atoms with Crippen LogP contribution in [-0.4, -0.2) is 161 Å². The zero-order valence-corrected chi connectivity index (χ0v) is 23.2. The number of aliphatic hydroxyl groups is 6. The average molecular weight is 613 g/mol. The standard InChI is InChI=1S/C24H48N6O12/c25-4-10(32)11-2-1-7(27)22(37-11)40-19-9(29)3-8(28)15(33)21(19)42-24-18(36)20(13(6-31)39-24)41-23-14(30)17(35)16(34)12(5-26)38-23/h7-24,31-36H,1-6,25-30H2/t7-,8-,9+,10+,11+,12+,13-,14-,15+,16-,17-,18-,19-,20-,21-,22-,23-,24+/m1/s1. The van der Waals surface area contributed by atoms with Crippen molar-refractivity contribution in [2.45, 2.75) is 129 Å². The van der Waals surface area contributed by atoms with Gasteiger partial charge in [0.15, 0.2) is 18.9 Å². The van der Waals surface area contributed by atoms with Gasteiger partial charge in [-0.3, -0.25) is 0 Å². The number of ether oxygens (including phenoxy) is 6. The normalized spacial score (nSPS) is 51.0. The number of aliphatic hydroxyl groups excluding tert-OH is 6. The molecule has 18 nitrogen and oxygen atoms in total. The Morgan fingerprint density at radius 1 is 0.667 bits per heavy atom. The molecule has 18 heteroatoms. The van der Waals surface area contributed by atoms with Crippen LogP contribution in [0.3, 0.4) is 0 Å². The van der Waals surface area contributed by atoms with Gasteiger partial charge in [0.1, 0.15) is 48.8 Å². The van der Waals surface area contributed by atoms with Gasteiger partial charge < -0.3 is 93.5 Å². The van der Waals surface area contributed by atoms with Gasteiger partial charge in [-0.05, 0) is 19.3 Å². The molecule has 0 unspecified atom stereocenters. The SMILES string of the molecule is NC[C@@H]1O[C@H](O[C@H]2[C@@H](O)[C@H](O[C@@H]3[C@@H](O)[C@H](N)C[C@H](N)[C@H]3O[C@H]3O[C@H]([C@@H](O)CN)CC[C@H]3N)O[C@@H]2CO)[C@H](N)[C@@H](O)[C@@H]1O. The van der Waals surface area contributed by atoms with Crippen LogP contribution in [0.5, 0.6) is 0 Å². The van der Waals surface area contributed by atoms with Gasteiger partial charge in [-0.15, -0.1) is 0 Å². The Morgan fingerprint density at radius 2 is 1.31 bits per heavy atom. The molecular weight excluding hydrogens is 564 g/mol. The van der Waals surface area contributed by atoms with Crippen LogP contribution in [0.25, 0.3) is 0 Å². The predicted octanol–water partition coefficient (Wildman–Crippen LogP) is -7.48. The Labute approximate surface area is 243 Å². The molecule has 4 fully saturated rings. The smallest absolute Gasteiger partial charge is 0.187 e.